The van der Waals surface area contributed by atoms with Crippen molar-refractivity contribution < 1.29 is 57.0 Å². The number of hydrogen-bond donors (Lipinski definition) is 7. The molecule has 0 spiro atoms. The van der Waals surface area contributed by atoms with Crippen LogP contribution in [0.5, 0.6) is 0 Å². The van der Waals surface area contributed by atoms with Crippen LogP contribution in [0.25, 0.3) is 0 Å². The minimum atomic E-state index is -5.12. The average molecular weight is 834 g/mol. The summed E-state index contributed by atoms with van der Waals surface area (Å²) in [6.45, 7) is 3.12. The largest absolute Gasteiger partial charge is 0.397 e. The maximum absolute atomic E-state index is 13.0. The third-order valence-corrected chi connectivity index (χ3v) is 10.7. The zero-order chi connectivity index (χ0) is 42.2. The Balaban J connectivity index is 2.55. The van der Waals surface area contributed by atoms with E-state index in [0.717, 1.165) is 70.6 Å². The van der Waals surface area contributed by atoms with Gasteiger partial charge in [0.05, 0.1) is 25.4 Å². The van der Waals surface area contributed by atoms with Crippen LogP contribution in [0, 0.1) is 0 Å². The molecule has 14 heteroatoms. The summed E-state index contributed by atoms with van der Waals surface area (Å²) in [5.41, 5.74) is 0. The molecule has 1 fully saturated rings. The van der Waals surface area contributed by atoms with Crippen LogP contribution in [0.1, 0.15) is 168 Å². The van der Waals surface area contributed by atoms with E-state index in [1.54, 1.807) is 6.08 Å². The number of carbonyl (C=O) groups excluding carboxylic acids is 1. The van der Waals surface area contributed by atoms with E-state index in [4.69, 9.17) is 14.0 Å². The van der Waals surface area contributed by atoms with Crippen LogP contribution >= 0.6 is 0 Å². The molecule has 334 valence electrons. The number of hydrogen-bond acceptors (Lipinski definition) is 11. The Kier molecular flexibility index (Phi) is 31.8. The first kappa shape index (κ1) is 53.3. The lowest BCUT2D eigenvalue weighted by Crippen LogP contribution is -2.61. The minimum Gasteiger partial charge on any atom is -0.394 e. The monoisotopic (exact) mass is 834 g/mol. The van der Waals surface area contributed by atoms with Gasteiger partial charge in [0.1, 0.15) is 30.5 Å². The van der Waals surface area contributed by atoms with Crippen molar-refractivity contribution in [3.8, 4) is 0 Å². The molecule has 1 rings (SSSR count). The van der Waals surface area contributed by atoms with E-state index in [1.807, 2.05) is 0 Å². The first-order valence-electron chi connectivity index (χ1n) is 22.0. The fourth-order valence-corrected chi connectivity index (χ4v) is 7.21. The van der Waals surface area contributed by atoms with Crippen LogP contribution in [0.15, 0.2) is 36.5 Å². The zero-order valence-corrected chi connectivity index (χ0v) is 35.8. The topological polar surface area (TPSA) is 212 Å². The summed E-state index contributed by atoms with van der Waals surface area (Å²) < 4.78 is 47.3. The summed E-state index contributed by atoms with van der Waals surface area (Å²) in [4.78, 5) is 13.0. The van der Waals surface area contributed by atoms with Crippen molar-refractivity contribution in [3.63, 3.8) is 0 Å². The highest BCUT2D eigenvalue weighted by molar-refractivity contribution is 7.80. The van der Waals surface area contributed by atoms with E-state index in [2.05, 4.69) is 47.7 Å². The Morgan fingerprint density at radius 1 is 0.702 bits per heavy atom. The molecule has 1 saturated heterocycles. The lowest BCUT2D eigenvalue weighted by atomic mass is 9.99. The van der Waals surface area contributed by atoms with Crippen LogP contribution in [-0.4, -0.2) is 107 Å². The maximum Gasteiger partial charge on any atom is 0.397 e. The standard InChI is InChI=1S/C43H79NO12S/c1-3-5-7-9-11-13-14-15-16-17-18-19-20-21-22-24-26-28-30-32-37(47)42(50)44-35(36(46)31-29-27-25-23-12-10-8-6-4-2)34-54-43-40(49)41(56-57(51,52)53)39(48)38(33-45)55-43/h12,18-19,23,29,31,35-41,43,45-49H,3-11,13-17,20-22,24-28,30,32-34H2,1-2H3,(H,44,50)(H,51,52,53)/b19-18-,23-12+,31-29+. The molecule has 8 unspecified atom stereocenters. The Morgan fingerprint density at radius 2 is 1.18 bits per heavy atom. The second kappa shape index (κ2) is 34.0. The molecule has 1 aliphatic rings. The summed E-state index contributed by atoms with van der Waals surface area (Å²) in [5, 5.41) is 54.9. The molecular formula is C43H79NO12S. The van der Waals surface area contributed by atoms with Gasteiger partial charge in [0, 0.05) is 0 Å². The highest BCUT2D eigenvalue weighted by Crippen LogP contribution is 2.26. The molecule has 1 amide bonds. The third-order valence-electron chi connectivity index (χ3n) is 10.3. The molecule has 13 nitrogen and oxygen atoms in total. The van der Waals surface area contributed by atoms with Crippen molar-refractivity contribution >= 4 is 16.3 Å². The number of unbranched alkanes of at least 4 members (excludes halogenated alkanes) is 19. The molecule has 7 N–H and O–H groups in total. The Morgan fingerprint density at radius 3 is 1.72 bits per heavy atom. The molecule has 0 bridgehead atoms. The number of carbonyl (C=O) groups is 1. The van der Waals surface area contributed by atoms with Gasteiger partial charge >= 0.3 is 10.4 Å². The number of aliphatic hydroxyl groups is 5. The second-order valence-electron chi connectivity index (χ2n) is 15.4. The predicted octanol–water partition coefficient (Wildman–Crippen LogP) is 6.91. The molecule has 0 saturated carbocycles. The summed E-state index contributed by atoms with van der Waals surface area (Å²) in [7, 11) is -5.12. The Labute approximate surface area is 344 Å². The SMILES string of the molecule is CCCCC/C=C/CC/C=C/C(O)C(COC1OC(CO)C(O)C(OS(=O)(=O)O)C1O)NC(=O)C(O)CCCCCCCC/C=C\CCCCCCCCCCC. The highest BCUT2D eigenvalue weighted by Gasteiger charge is 2.48. The van der Waals surface area contributed by atoms with E-state index >= 15 is 0 Å². The zero-order valence-electron chi connectivity index (χ0n) is 35.0. The van der Waals surface area contributed by atoms with Crippen LogP contribution in [-0.2, 0) is 28.9 Å². The van der Waals surface area contributed by atoms with Gasteiger partial charge in [0.15, 0.2) is 6.29 Å². The summed E-state index contributed by atoms with van der Waals surface area (Å²) in [5.74, 6) is -0.721. The molecule has 0 aromatic carbocycles. The van der Waals surface area contributed by atoms with Gasteiger partial charge in [-0.2, -0.15) is 8.42 Å². The Bertz CT molecular complexity index is 1180. The molecular weight excluding hydrogens is 755 g/mol. The first-order chi connectivity index (χ1) is 27.4. The average Bonchev–Trinajstić information content (AvgIpc) is 3.18. The van der Waals surface area contributed by atoms with Gasteiger partial charge < -0.3 is 40.3 Å². The molecule has 0 aliphatic carbocycles. The van der Waals surface area contributed by atoms with Gasteiger partial charge in [-0.3, -0.25) is 9.35 Å². The van der Waals surface area contributed by atoms with E-state index in [-0.39, 0.29) is 6.42 Å². The van der Waals surface area contributed by atoms with Crippen molar-refractivity contribution in [2.45, 2.75) is 217 Å². The van der Waals surface area contributed by atoms with Crippen LogP contribution in [0.4, 0.5) is 0 Å². The smallest absolute Gasteiger partial charge is 0.394 e. The lowest BCUT2D eigenvalue weighted by molar-refractivity contribution is -0.298. The van der Waals surface area contributed by atoms with E-state index in [9.17, 15) is 38.7 Å². The van der Waals surface area contributed by atoms with Crippen LogP contribution in [0.3, 0.4) is 0 Å². The molecule has 8 atom stereocenters. The fraction of sp³-hybridized carbons (Fsp3) is 0.837. The predicted molar refractivity (Wildman–Crippen MR) is 224 cm³/mol. The maximum atomic E-state index is 13.0. The summed E-state index contributed by atoms with van der Waals surface area (Å²) >= 11 is 0. The van der Waals surface area contributed by atoms with Gasteiger partial charge in [0.2, 0.25) is 5.91 Å². The molecule has 0 aromatic rings. The van der Waals surface area contributed by atoms with Crippen LogP contribution < -0.4 is 5.32 Å². The first-order valence-corrected chi connectivity index (χ1v) is 23.3. The van der Waals surface area contributed by atoms with Gasteiger partial charge in [0.25, 0.3) is 0 Å². The van der Waals surface area contributed by atoms with Gasteiger partial charge in [-0.15, -0.1) is 0 Å². The van der Waals surface area contributed by atoms with Gasteiger partial charge in [-0.1, -0.05) is 147 Å². The van der Waals surface area contributed by atoms with Crippen molar-refractivity contribution in [1.82, 2.24) is 5.32 Å². The molecule has 0 radical (unpaired) electrons. The van der Waals surface area contributed by atoms with Gasteiger partial charge in [-0.05, 0) is 57.8 Å². The third kappa shape index (κ3) is 26.9. The molecule has 1 heterocycles. The number of amides is 1. The lowest BCUT2D eigenvalue weighted by Gasteiger charge is -2.41. The normalized spacial score (nSPS) is 22.1. The van der Waals surface area contributed by atoms with E-state index in [1.165, 1.54) is 70.3 Å². The quantitative estimate of drug-likeness (QED) is 0.0195. The van der Waals surface area contributed by atoms with Crippen LogP contribution in [0.2, 0.25) is 0 Å². The van der Waals surface area contributed by atoms with Gasteiger partial charge in [-0.25, -0.2) is 4.18 Å². The van der Waals surface area contributed by atoms with Crippen molar-refractivity contribution in [1.29, 1.82) is 0 Å². The molecule has 0 aromatic heterocycles. The second-order valence-corrected chi connectivity index (χ2v) is 16.5. The number of ether oxygens (including phenoxy) is 2. The number of rotatable bonds is 36. The number of allylic oxidation sites excluding steroid dienone is 5. The fourth-order valence-electron chi connectivity index (χ4n) is 6.70. The van der Waals surface area contributed by atoms with E-state index < -0.39 is 78.5 Å². The molecule has 1 aliphatic heterocycles. The molecule has 57 heavy (non-hydrogen) atoms. The van der Waals surface area contributed by atoms with Crippen molar-refractivity contribution in [2.75, 3.05) is 13.2 Å². The summed E-state index contributed by atoms with van der Waals surface area (Å²) in [6.07, 6.45) is 26.9. The summed E-state index contributed by atoms with van der Waals surface area (Å²) in [6, 6.07) is -1.14. The van der Waals surface area contributed by atoms with E-state index in [0.29, 0.717) is 12.8 Å². The number of aliphatic hydroxyl groups excluding tert-OH is 5. The minimum absolute atomic E-state index is 0.229. The van der Waals surface area contributed by atoms with Crippen molar-refractivity contribution in [3.05, 3.63) is 36.5 Å². The number of nitrogens with one attached hydrogen (secondary N) is 1. The van der Waals surface area contributed by atoms with Crippen molar-refractivity contribution in [2.24, 2.45) is 0 Å². The Hall–Kier alpha value is -1.72. The highest BCUT2D eigenvalue weighted by atomic mass is 32.3.